The summed E-state index contributed by atoms with van der Waals surface area (Å²) in [4.78, 5) is 40.7. The molecule has 0 bridgehead atoms. The lowest BCUT2D eigenvalue weighted by molar-refractivity contribution is 0.586. The Morgan fingerprint density at radius 2 is 0.580 bits per heavy atom. The molecule has 0 amide bonds. The third-order valence-electron chi connectivity index (χ3n) is 18.2. The lowest BCUT2D eigenvalue weighted by atomic mass is 9.85. The van der Waals surface area contributed by atoms with Crippen molar-refractivity contribution in [2.24, 2.45) is 34.9 Å². The van der Waals surface area contributed by atoms with Gasteiger partial charge in [-0.3, -0.25) is 39.9 Å². The second-order valence-electron chi connectivity index (χ2n) is 36.2. The fourth-order valence-electron chi connectivity index (χ4n) is 10.6. The van der Waals surface area contributed by atoms with Gasteiger partial charge in [-0.05, 0) is 180 Å². The number of aryl methyl sites for hydroxylation is 4. The van der Waals surface area contributed by atoms with E-state index in [0.29, 0.717) is 0 Å². The summed E-state index contributed by atoms with van der Waals surface area (Å²) in [5, 5.41) is 0. The molecule has 0 fully saturated rings. The van der Waals surface area contributed by atoms with Crippen LogP contribution in [-0.2, 0) is 69.1 Å². The van der Waals surface area contributed by atoms with Crippen molar-refractivity contribution in [3.8, 4) is 0 Å². The Labute approximate surface area is 731 Å². The Kier molecular flexibility index (Phi) is 54.9. The first kappa shape index (κ1) is 114. The maximum absolute atomic E-state index is 4.46. The molecular formula is C109H170N10. The summed E-state index contributed by atoms with van der Waals surface area (Å²) >= 11 is 0. The van der Waals surface area contributed by atoms with Gasteiger partial charge in [0.05, 0.1) is 36.7 Å². The summed E-state index contributed by atoms with van der Waals surface area (Å²) in [5.74, 6) is 0. The quantitative estimate of drug-likeness (QED) is 0.150. The summed E-state index contributed by atoms with van der Waals surface area (Å²) in [6.07, 6.45) is 25.8. The zero-order valence-electron chi connectivity index (χ0n) is 82.3. The fourth-order valence-corrected chi connectivity index (χ4v) is 10.6. The molecule has 6 aliphatic rings. The van der Waals surface area contributed by atoms with Crippen molar-refractivity contribution < 1.29 is 0 Å². The van der Waals surface area contributed by atoms with Crippen molar-refractivity contribution >= 4 is 61.2 Å². The summed E-state index contributed by atoms with van der Waals surface area (Å²) in [6.45, 7) is 88.0. The SMILES string of the molecule is C.C1=NC=NC1.C1=NC=NC1.CC.CC.CC.CC.CC.CC.CC(C)(C)c1ccc2c(c1)C=NC2.CC(C)(C)c1ccc2c(c1)N=CC2.CC(C)(C)c1ccc2c(c1)N=CC2.CC(C)(C)c1cnc2c(c1)C=CC2.Cc1ccc(C(C)(C)C)cc1.Cc1ccc(C(C)(C)C)cc1.Cc1ccc(C(C)(C)C)cn1.Cc1ccc(C(C)(C)C)cn1. The Hall–Kier alpha value is -9.02. The first-order valence-electron chi connectivity index (χ1n) is 43.9. The zero-order valence-corrected chi connectivity index (χ0v) is 82.3. The first-order valence-corrected chi connectivity index (χ1v) is 43.9. The maximum Gasteiger partial charge on any atom is 0.109 e. The van der Waals surface area contributed by atoms with E-state index in [9.17, 15) is 0 Å². The largest absolute Gasteiger partial charge is 0.288 e. The number of hydrogen-bond acceptors (Lipinski definition) is 10. The van der Waals surface area contributed by atoms with Gasteiger partial charge in [0.2, 0.25) is 0 Å². The average Bonchev–Trinajstić information content (AvgIpc) is 1.75. The van der Waals surface area contributed by atoms with Crippen LogP contribution < -0.4 is 0 Å². The van der Waals surface area contributed by atoms with Crippen LogP contribution in [0.25, 0.3) is 6.08 Å². The molecule has 0 saturated heterocycles. The predicted molar refractivity (Wildman–Crippen MR) is 540 cm³/mol. The van der Waals surface area contributed by atoms with Crippen molar-refractivity contribution in [2.75, 3.05) is 13.1 Å². The Bertz CT molecular complexity index is 3730. The number of pyridine rings is 3. The summed E-state index contributed by atoms with van der Waals surface area (Å²) < 4.78 is 0. The molecule has 0 atom stereocenters. The van der Waals surface area contributed by atoms with Crippen molar-refractivity contribution in [3.05, 3.63) is 259 Å². The Balaban J connectivity index is -0.00000125. The van der Waals surface area contributed by atoms with E-state index >= 15 is 0 Å². The van der Waals surface area contributed by atoms with Crippen molar-refractivity contribution in [1.82, 2.24) is 15.0 Å². The molecule has 0 saturated carbocycles. The van der Waals surface area contributed by atoms with Crippen LogP contribution >= 0.6 is 0 Å². The molecule has 0 radical (unpaired) electrons. The van der Waals surface area contributed by atoms with Gasteiger partial charge in [0.15, 0.2) is 0 Å². The number of allylic oxidation sites excluding steroid dienone is 1. The molecule has 10 nitrogen and oxygen atoms in total. The van der Waals surface area contributed by atoms with Crippen LogP contribution in [-0.4, -0.2) is 71.8 Å². The van der Waals surface area contributed by atoms with Gasteiger partial charge in [-0.1, -0.05) is 377 Å². The monoisotopic (exact) mass is 1620 g/mol. The minimum absolute atomic E-state index is 0. The lowest BCUT2D eigenvalue weighted by Gasteiger charge is -2.19. The molecule has 5 aromatic carbocycles. The van der Waals surface area contributed by atoms with Gasteiger partial charge in [-0.25, -0.2) is 9.98 Å². The number of nitrogens with zero attached hydrogens (tertiary/aromatic N) is 10. The van der Waals surface area contributed by atoms with Crippen molar-refractivity contribution in [2.45, 2.75) is 354 Å². The lowest BCUT2D eigenvalue weighted by Crippen LogP contribution is -2.12. The Morgan fingerprint density at radius 1 is 0.277 bits per heavy atom. The molecule has 0 N–H and O–H groups in total. The van der Waals surface area contributed by atoms with E-state index < -0.39 is 0 Å². The van der Waals surface area contributed by atoms with Gasteiger partial charge in [0, 0.05) is 80.3 Å². The highest BCUT2D eigenvalue weighted by molar-refractivity contribution is 5.85. The van der Waals surface area contributed by atoms with Crippen LogP contribution in [0.5, 0.6) is 0 Å². The molecule has 656 valence electrons. The van der Waals surface area contributed by atoms with Crippen LogP contribution in [0.15, 0.2) is 193 Å². The van der Waals surface area contributed by atoms with E-state index in [4.69, 9.17) is 0 Å². The average molecular weight is 1620 g/mol. The summed E-state index contributed by atoms with van der Waals surface area (Å²) in [7, 11) is 0. The van der Waals surface area contributed by atoms with E-state index in [0.717, 1.165) is 61.7 Å². The minimum Gasteiger partial charge on any atom is -0.288 e. The van der Waals surface area contributed by atoms with E-state index in [1.165, 1.54) is 89.1 Å². The third-order valence-corrected chi connectivity index (χ3v) is 18.2. The number of rotatable bonds is 0. The van der Waals surface area contributed by atoms with Gasteiger partial charge >= 0.3 is 0 Å². The van der Waals surface area contributed by atoms with Gasteiger partial charge in [-0.2, -0.15) is 0 Å². The van der Waals surface area contributed by atoms with E-state index in [1.54, 1.807) is 25.1 Å². The molecular weight excluding hydrogens is 1450 g/mol. The van der Waals surface area contributed by atoms with Gasteiger partial charge < -0.3 is 0 Å². The van der Waals surface area contributed by atoms with Gasteiger partial charge in [0.1, 0.15) is 12.7 Å². The number of benzene rings is 5. The minimum atomic E-state index is 0. The molecule has 119 heavy (non-hydrogen) atoms. The number of aliphatic imine (C=N–C) groups is 7. The Morgan fingerprint density at radius 3 is 0.874 bits per heavy atom. The van der Waals surface area contributed by atoms with Crippen LogP contribution in [0, 0.1) is 27.7 Å². The van der Waals surface area contributed by atoms with E-state index in [-0.39, 0.29) is 50.7 Å². The highest BCUT2D eigenvalue weighted by Crippen LogP contribution is 2.34. The topological polar surface area (TPSA) is 125 Å². The van der Waals surface area contributed by atoms with E-state index in [1.807, 2.05) is 134 Å². The second kappa shape index (κ2) is 57.3. The number of hydrogen-bond donors (Lipinski definition) is 0. The normalized spacial score (nSPS) is 12.5. The molecule has 5 aliphatic heterocycles. The number of fused-ring (bicyclic) bond motifs is 4. The summed E-state index contributed by atoms with van der Waals surface area (Å²) in [6, 6.07) is 48.0. The third kappa shape index (κ3) is 45.8. The van der Waals surface area contributed by atoms with Gasteiger partial charge in [0.25, 0.3) is 0 Å². The smallest absolute Gasteiger partial charge is 0.109 e. The molecule has 1 aliphatic carbocycles. The second-order valence-corrected chi connectivity index (χ2v) is 36.2. The zero-order chi connectivity index (χ0) is 90.9. The van der Waals surface area contributed by atoms with Crippen LogP contribution in [0.4, 0.5) is 11.4 Å². The van der Waals surface area contributed by atoms with Crippen molar-refractivity contribution in [3.63, 3.8) is 0 Å². The van der Waals surface area contributed by atoms with Crippen LogP contribution in [0.2, 0.25) is 0 Å². The van der Waals surface area contributed by atoms with Crippen LogP contribution in [0.3, 0.4) is 0 Å². The molecule has 0 spiro atoms. The van der Waals surface area contributed by atoms with E-state index in [2.05, 4.69) is 376 Å². The van der Waals surface area contributed by atoms with Crippen molar-refractivity contribution in [1.29, 1.82) is 0 Å². The maximum atomic E-state index is 4.46. The van der Waals surface area contributed by atoms with Crippen LogP contribution in [0.1, 0.15) is 357 Å². The molecule has 0 unspecified atom stereocenters. The molecule has 8 aromatic rings. The molecule has 14 rings (SSSR count). The summed E-state index contributed by atoms with van der Waals surface area (Å²) in [5.41, 5.74) is 27.8. The van der Waals surface area contributed by atoms with Gasteiger partial charge in [-0.15, -0.1) is 0 Å². The highest BCUT2D eigenvalue weighted by Gasteiger charge is 2.22. The highest BCUT2D eigenvalue weighted by atomic mass is 14.9. The fraction of sp³-hybridized carbons (Fsp3) is 0.505. The first-order chi connectivity index (χ1) is 55.3. The standard InChI is InChI=1S/4C12H15N.2C11H16.2C10H15N.2C3H4N2.6C2H6.CH4/c1-12(2,3)11-5-4-9-7-13-8-10(9)6-11;2*1-12(2,3)10-5-4-9-6-7-13-11(9)8-10;1-12(2,3)10-7-9-5-4-6-11(9)13-8-10;2*1-9-5-7-10(8-6-9)11(2,3)4;2*1-8-5-6-9(7-11-8)10(2,3)4;2*1-2-5-3-4-1;6*1-2;/h4-6,8H,7H2,1-3H3;3*4-5,7-8H,6H2,1-3H3;2*5-8H,1-4H3;2*5-7H,1-4H3;2*1,3H,2H2;6*1-2H3;1H4. The predicted octanol–water partition coefficient (Wildman–Crippen LogP) is 31.3. The molecule has 10 heteroatoms. The molecule has 8 heterocycles. The number of aromatic nitrogens is 3. The molecule has 3 aromatic heterocycles.